The summed E-state index contributed by atoms with van der Waals surface area (Å²) in [5.41, 5.74) is 4.95. The minimum atomic E-state index is -0.194. The molecule has 0 aliphatic heterocycles. The van der Waals surface area contributed by atoms with Gasteiger partial charge in [-0.2, -0.15) is 0 Å². The monoisotopic (exact) mass is 421 g/mol. The Morgan fingerprint density at radius 1 is 1.03 bits per heavy atom. The molecule has 0 fully saturated rings. The summed E-state index contributed by atoms with van der Waals surface area (Å²) in [5, 5.41) is 4.97. The first kappa shape index (κ1) is 19.8. The van der Waals surface area contributed by atoms with E-state index in [1.165, 1.54) is 0 Å². The summed E-state index contributed by atoms with van der Waals surface area (Å²) in [7, 11) is 0. The minimum absolute atomic E-state index is 0.194. The van der Waals surface area contributed by atoms with Gasteiger partial charge in [0.15, 0.2) is 0 Å². The number of ether oxygens (including phenoxy) is 1. The molecule has 158 valence electrons. The summed E-state index contributed by atoms with van der Waals surface area (Å²) >= 11 is 0. The van der Waals surface area contributed by atoms with Crippen molar-refractivity contribution in [2.75, 3.05) is 11.9 Å². The number of amides is 1. The maximum Gasteiger partial charge on any atom is 0.260 e. The highest BCUT2D eigenvalue weighted by atomic mass is 16.5. The molecular weight excluding hydrogens is 398 g/mol. The lowest BCUT2D eigenvalue weighted by molar-refractivity contribution is 0.102. The van der Waals surface area contributed by atoms with E-state index in [2.05, 4.69) is 5.32 Å². The zero-order valence-electron chi connectivity index (χ0n) is 18.0. The van der Waals surface area contributed by atoms with E-state index in [9.17, 15) is 4.79 Å². The van der Waals surface area contributed by atoms with Crippen LogP contribution in [0.5, 0.6) is 5.75 Å². The predicted octanol–water partition coefficient (Wildman–Crippen LogP) is 6.11. The number of hydrogen-bond acceptors (Lipinski definition) is 3. The Bertz CT molecular complexity index is 1420. The van der Waals surface area contributed by atoms with E-state index in [4.69, 9.17) is 9.72 Å². The van der Waals surface area contributed by atoms with Crippen molar-refractivity contribution in [2.45, 2.75) is 13.8 Å². The molecular formula is C27H23N3O2. The van der Waals surface area contributed by atoms with E-state index >= 15 is 0 Å². The van der Waals surface area contributed by atoms with Crippen LogP contribution in [-0.4, -0.2) is 21.9 Å². The van der Waals surface area contributed by atoms with Gasteiger partial charge in [0, 0.05) is 23.6 Å². The Hall–Kier alpha value is -4.12. The maximum atomic E-state index is 13.5. The number of aryl methyl sites for hydroxylation is 1. The van der Waals surface area contributed by atoms with Crippen molar-refractivity contribution in [2.24, 2.45) is 0 Å². The van der Waals surface area contributed by atoms with E-state index in [1.54, 1.807) is 0 Å². The number of anilines is 1. The van der Waals surface area contributed by atoms with Crippen molar-refractivity contribution < 1.29 is 9.53 Å². The van der Waals surface area contributed by atoms with Crippen molar-refractivity contribution in [3.8, 4) is 17.0 Å². The van der Waals surface area contributed by atoms with Crippen molar-refractivity contribution in [1.82, 2.24) is 9.38 Å². The van der Waals surface area contributed by atoms with E-state index < -0.39 is 0 Å². The molecule has 5 rings (SSSR count). The molecule has 0 saturated heterocycles. The third kappa shape index (κ3) is 3.58. The zero-order valence-corrected chi connectivity index (χ0v) is 18.0. The van der Waals surface area contributed by atoms with E-state index in [0.29, 0.717) is 17.9 Å². The number of nitrogens with zero attached hydrogens (tertiary/aromatic N) is 2. The fourth-order valence-electron chi connectivity index (χ4n) is 3.94. The number of imidazole rings is 1. The van der Waals surface area contributed by atoms with E-state index in [0.717, 1.165) is 38.9 Å². The lowest BCUT2D eigenvalue weighted by Crippen LogP contribution is -2.15. The molecule has 5 nitrogen and oxygen atoms in total. The number of nitrogens with one attached hydrogen (secondary N) is 1. The second-order valence-corrected chi connectivity index (χ2v) is 7.67. The van der Waals surface area contributed by atoms with Gasteiger partial charge in [0.05, 0.1) is 17.9 Å². The van der Waals surface area contributed by atoms with Gasteiger partial charge >= 0.3 is 0 Å². The highest BCUT2D eigenvalue weighted by Gasteiger charge is 2.18. The average Bonchev–Trinajstić information content (AvgIpc) is 3.25. The van der Waals surface area contributed by atoms with Gasteiger partial charge in [0.25, 0.3) is 5.91 Å². The van der Waals surface area contributed by atoms with E-state index in [1.807, 2.05) is 103 Å². The number of carbonyl (C=O) groups is 1. The quantitative estimate of drug-likeness (QED) is 0.372. The molecule has 0 spiro atoms. The van der Waals surface area contributed by atoms with E-state index in [-0.39, 0.29) is 5.91 Å². The van der Waals surface area contributed by atoms with Gasteiger partial charge in [0.2, 0.25) is 0 Å². The normalized spacial score (nSPS) is 11.1. The molecule has 2 heterocycles. The Morgan fingerprint density at radius 2 is 1.88 bits per heavy atom. The molecule has 0 aliphatic rings. The first-order chi connectivity index (χ1) is 15.6. The smallest absolute Gasteiger partial charge is 0.260 e. The van der Waals surface area contributed by atoms with Gasteiger partial charge in [-0.3, -0.25) is 4.79 Å². The lowest BCUT2D eigenvalue weighted by Gasteiger charge is -2.15. The molecule has 0 saturated carbocycles. The molecule has 5 heteroatoms. The summed E-state index contributed by atoms with van der Waals surface area (Å²) in [4.78, 5) is 18.2. The maximum absolute atomic E-state index is 13.5. The first-order valence-electron chi connectivity index (χ1n) is 10.6. The molecule has 3 aromatic carbocycles. The highest BCUT2D eigenvalue weighted by molar-refractivity contribution is 6.15. The van der Waals surface area contributed by atoms with Crippen molar-refractivity contribution in [3.05, 3.63) is 96.3 Å². The molecule has 1 N–H and O–H groups in total. The van der Waals surface area contributed by atoms with Crippen LogP contribution < -0.4 is 10.1 Å². The summed E-state index contributed by atoms with van der Waals surface area (Å²) in [6.07, 6.45) is 3.96. The van der Waals surface area contributed by atoms with Crippen LogP contribution in [0.2, 0.25) is 0 Å². The van der Waals surface area contributed by atoms with Gasteiger partial charge in [-0.15, -0.1) is 0 Å². The molecule has 32 heavy (non-hydrogen) atoms. The van der Waals surface area contributed by atoms with Crippen LogP contribution in [0.1, 0.15) is 22.8 Å². The molecule has 0 atom stereocenters. The summed E-state index contributed by atoms with van der Waals surface area (Å²) in [6.45, 7) is 4.38. The molecule has 2 aromatic heterocycles. The number of fused-ring (bicyclic) bond motifs is 2. The second kappa shape index (κ2) is 8.19. The van der Waals surface area contributed by atoms with Crippen molar-refractivity contribution >= 4 is 28.0 Å². The fourth-order valence-corrected chi connectivity index (χ4v) is 3.94. The number of pyridine rings is 1. The summed E-state index contributed by atoms with van der Waals surface area (Å²) in [6, 6.07) is 23.6. The third-order valence-electron chi connectivity index (χ3n) is 5.56. The Balaban J connectivity index is 1.54. The van der Waals surface area contributed by atoms with Gasteiger partial charge in [-0.05, 0) is 54.4 Å². The topological polar surface area (TPSA) is 55.6 Å². The Morgan fingerprint density at radius 3 is 2.72 bits per heavy atom. The predicted molar refractivity (Wildman–Crippen MR) is 128 cm³/mol. The van der Waals surface area contributed by atoms with Crippen LogP contribution in [0.4, 0.5) is 5.69 Å². The van der Waals surface area contributed by atoms with Crippen LogP contribution in [0, 0.1) is 6.92 Å². The number of hydrogen-bond donors (Lipinski definition) is 1. The molecule has 0 bridgehead atoms. The number of carbonyl (C=O) groups excluding carboxylic acids is 1. The van der Waals surface area contributed by atoms with Crippen LogP contribution in [0.3, 0.4) is 0 Å². The number of benzene rings is 3. The van der Waals surface area contributed by atoms with Crippen LogP contribution in [0.15, 0.2) is 85.2 Å². The standard InChI is InChI=1S/C27H23N3O2/c1-3-32-24-14-13-19-8-4-5-9-21(19)26(24)27(31)29-22-16-20(12-11-18(22)2)23-17-30-15-7-6-10-25(30)28-23/h4-17H,3H2,1-2H3,(H,29,31). The lowest BCUT2D eigenvalue weighted by atomic mass is 10.0. The highest BCUT2D eigenvalue weighted by Crippen LogP contribution is 2.31. The molecule has 0 radical (unpaired) electrons. The van der Waals surface area contributed by atoms with Crippen LogP contribution >= 0.6 is 0 Å². The van der Waals surface area contributed by atoms with Crippen LogP contribution in [0.25, 0.3) is 27.7 Å². The fraction of sp³-hybridized carbons (Fsp3) is 0.111. The molecule has 5 aromatic rings. The average molecular weight is 422 g/mol. The Kier molecular flexibility index (Phi) is 5.07. The number of rotatable bonds is 5. The molecule has 0 unspecified atom stereocenters. The summed E-state index contributed by atoms with van der Waals surface area (Å²) < 4.78 is 7.77. The van der Waals surface area contributed by atoms with Gasteiger partial charge in [-0.1, -0.05) is 48.5 Å². The van der Waals surface area contributed by atoms with Crippen molar-refractivity contribution in [3.63, 3.8) is 0 Å². The third-order valence-corrected chi connectivity index (χ3v) is 5.56. The zero-order chi connectivity index (χ0) is 22.1. The SMILES string of the molecule is CCOc1ccc2ccccc2c1C(=O)Nc1cc(-c2cn3ccccc3n2)ccc1C. The molecule has 0 aliphatic carbocycles. The molecule has 1 amide bonds. The van der Waals surface area contributed by atoms with Gasteiger partial charge < -0.3 is 14.5 Å². The Labute approximate surface area is 186 Å². The second-order valence-electron chi connectivity index (χ2n) is 7.67. The van der Waals surface area contributed by atoms with Gasteiger partial charge in [-0.25, -0.2) is 4.98 Å². The number of aromatic nitrogens is 2. The minimum Gasteiger partial charge on any atom is -0.493 e. The summed E-state index contributed by atoms with van der Waals surface area (Å²) in [5.74, 6) is 0.387. The van der Waals surface area contributed by atoms with Gasteiger partial charge in [0.1, 0.15) is 11.4 Å². The van der Waals surface area contributed by atoms with Crippen LogP contribution in [-0.2, 0) is 0 Å². The first-order valence-corrected chi connectivity index (χ1v) is 10.6. The largest absolute Gasteiger partial charge is 0.493 e. The van der Waals surface area contributed by atoms with Crippen molar-refractivity contribution in [1.29, 1.82) is 0 Å².